The lowest BCUT2D eigenvalue weighted by atomic mass is 10.00. The van der Waals surface area contributed by atoms with E-state index < -0.39 is 0 Å². The lowest BCUT2D eigenvalue weighted by Gasteiger charge is -2.22. The maximum Gasteiger partial charge on any atom is 0.270 e. The zero-order chi connectivity index (χ0) is 12.8. The van der Waals surface area contributed by atoms with Gasteiger partial charge in [-0.15, -0.1) is 11.3 Å². The molecule has 4 rings (SSSR count). The maximum absolute atomic E-state index is 12.3. The molecule has 2 fully saturated rings. The number of nitrogens with one attached hydrogen (secondary N) is 1. The second-order valence-electron chi connectivity index (χ2n) is 5.39. The Bertz CT molecular complexity index is 638. The quantitative estimate of drug-likeness (QED) is 0.906. The summed E-state index contributed by atoms with van der Waals surface area (Å²) in [5, 5.41) is 5.15. The number of piperidine rings is 1. The third-order valence-corrected chi connectivity index (χ3v) is 5.06. The van der Waals surface area contributed by atoms with Gasteiger partial charge in [-0.1, -0.05) is 0 Å². The number of hydrogen-bond donors (Lipinski definition) is 1. The smallest absolute Gasteiger partial charge is 0.270 e. The van der Waals surface area contributed by atoms with Gasteiger partial charge in [0.2, 0.25) is 0 Å². The normalized spacial score (nSPS) is 28.9. The van der Waals surface area contributed by atoms with Crippen molar-refractivity contribution in [3.8, 4) is 0 Å². The summed E-state index contributed by atoms with van der Waals surface area (Å²) in [5.74, 6) is 0.598. The molecular formula is C14H15N3OS. The molecular weight excluding hydrogens is 258 g/mol. The highest BCUT2D eigenvalue weighted by molar-refractivity contribution is 7.17. The molecule has 3 atom stereocenters. The van der Waals surface area contributed by atoms with E-state index in [1.165, 1.54) is 13.0 Å². The summed E-state index contributed by atoms with van der Waals surface area (Å²) in [5.41, 5.74) is 1.44. The van der Waals surface area contributed by atoms with Gasteiger partial charge in [-0.25, -0.2) is 4.98 Å². The minimum absolute atomic E-state index is 0.0353. The minimum atomic E-state index is -0.0353. The monoisotopic (exact) mass is 273 g/mol. The molecule has 2 saturated heterocycles. The lowest BCUT2D eigenvalue weighted by molar-refractivity contribution is 0.0919. The number of thiophene rings is 1. The van der Waals surface area contributed by atoms with Gasteiger partial charge in [0.1, 0.15) is 5.69 Å². The molecule has 19 heavy (non-hydrogen) atoms. The summed E-state index contributed by atoms with van der Waals surface area (Å²) in [6, 6.07) is 6.06. The lowest BCUT2D eigenvalue weighted by Crippen LogP contribution is -2.43. The van der Waals surface area contributed by atoms with Gasteiger partial charge in [0.15, 0.2) is 0 Å². The molecule has 3 unspecified atom stereocenters. The first-order valence-corrected chi connectivity index (χ1v) is 7.55. The van der Waals surface area contributed by atoms with Crippen molar-refractivity contribution >= 4 is 27.5 Å². The van der Waals surface area contributed by atoms with Gasteiger partial charge < -0.3 is 10.2 Å². The van der Waals surface area contributed by atoms with Gasteiger partial charge in [0.05, 0.1) is 10.2 Å². The van der Waals surface area contributed by atoms with E-state index in [-0.39, 0.29) is 5.91 Å². The standard InChI is InChI=1S/C14H15N3OS/c18-14(16-12-8-17-5-3-9(12)7-17)11-1-2-13-10(15-11)4-6-19-13/h1-2,4,6,9,12H,3,5,7-8H2,(H,16,18). The fourth-order valence-corrected chi connectivity index (χ4v) is 3.89. The summed E-state index contributed by atoms with van der Waals surface area (Å²) in [6.07, 6.45) is 1.21. The minimum Gasteiger partial charge on any atom is -0.346 e. The van der Waals surface area contributed by atoms with Crippen LogP contribution in [-0.4, -0.2) is 41.5 Å². The van der Waals surface area contributed by atoms with Crippen molar-refractivity contribution in [2.24, 2.45) is 5.92 Å². The number of aromatic nitrogens is 1. The van der Waals surface area contributed by atoms with Crippen LogP contribution in [0.3, 0.4) is 0 Å². The van der Waals surface area contributed by atoms with E-state index in [9.17, 15) is 4.79 Å². The van der Waals surface area contributed by atoms with Crippen molar-refractivity contribution in [2.75, 3.05) is 19.6 Å². The summed E-state index contributed by atoms with van der Waals surface area (Å²) < 4.78 is 1.13. The first kappa shape index (κ1) is 11.4. The Morgan fingerprint density at radius 1 is 1.37 bits per heavy atom. The van der Waals surface area contributed by atoms with Crippen molar-refractivity contribution in [2.45, 2.75) is 12.5 Å². The van der Waals surface area contributed by atoms with Crippen molar-refractivity contribution in [1.29, 1.82) is 0 Å². The fraction of sp³-hybridized carbons (Fsp3) is 0.429. The Morgan fingerprint density at radius 3 is 3.11 bits per heavy atom. The molecule has 4 nitrogen and oxygen atoms in total. The average Bonchev–Trinajstić information content (AvgIpc) is 3.13. The molecule has 2 aliphatic rings. The topological polar surface area (TPSA) is 45.2 Å². The average molecular weight is 273 g/mol. The first-order chi connectivity index (χ1) is 9.29. The second kappa shape index (κ2) is 4.28. The maximum atomic E-state index is 12.3. The zero-order valence-corrected chi connectivity index (χ0v) is 11.3. The second-order valence-corrected chi connectivity index (χ2v) is 6.34. The number of rotatable bonds is 2. The van der Waals surface area contributed by atoms with Crippen LogP contribution in [-0.2, 0) is 0 Å². The van der Waals surface area contributed by atoms with Crippen molar-refractivity contribution in [3.05, 3.63) is 29.3 Å². The molecule has 4 heterocycles. The molecule has 1 amide bonds. The van der Waals surface area contributed by atoms with E-state index in [1.807, 2.05) is 23.6 Å². The van der Waals surface area contributed by atoms with Crippen LogP contribution >= 0.6 is 11.3 Å². The van der Waals surface area contributed by atoms with E-state index in [0.717, 1.165) is 23.3 Å². The molecule has 2 bridgehead atoms. The number of carbonyl (C=O) groups is 1. The van der Waals surface area contributed by atoms with Crippen LogP contribution in [0.25, 0.3) is 10.2 Å². The van der Waals surface area contributed by atoms with E-state index in [0.29, 0.717) is 17.7 Å². The summed E-state index contributed by atoms with van der Waals surface area (Å²) >= 11 is 1.65. The molecule has 2 aromatic rings. The summed E-state index contributed by atoms with van der Waals surface area (Å²) in [6.45, 7) is 3.33. The first-order valence-electron chi connectivity index (χ1n) is 6.67. The van der Waals surface area contributed by atoms with E-state index in [4.69, 9.17) is 0 Å². The van der Waals surface area contributed by atoms with Gasteiger partial charge in [0.25, 0.3) is 5.91 Å². The molecule has 0 radical (unpaired) electrons. The third-order valence-electron chi connectivity index (χ3n) is 4.19. The molecule has 98 valence electrons. The molecule has 5 heteroatoms. The molecule has 0 aromatic carbocycles. The van der Waals surface area contributed by atoms with E-state index in [2.05, 4.69) is 15.2 Å². The van der Waals surface area contributed by atoms with Gasteiger partial charge in [-0.3, -0.25) is 4.79 Å². The van der Waals surface area contributed by atoms with Gasteiger partial charge in [-0.05, 0) is 42.5 Å². The number of amides is 1. The van der Waals surface area contributed by atoms with Crippen molar-refractivity contribution in [3.63, 3.8) is 0 Å². The predicted octanol–water partition coefficient (Wildman–Crippen LogP) is 1.73. The van der Waals surface area contributed by atoms with Gasteiger partial charge >= 0.3 is 0 Å². The number of fused-ring (bicyclic) bond motifs is 3. The Balaban J connectivity index is 1.53. The van der Waals surface area contributed by atoms with Crippen LogP contribution in [0.5, 0.6) is 0 Å². The Labute approximate surface area is 115 Å². The van der Waals surface area contributed by atoms with Crippen LogP contribution in [0.15, 0.2) is 23.6 Å². The third kappa shape index (κ3) is 1.93. The molecule has 0 saturated carbocycles. The van der Waals surface area contributed by atoms with E-state index >= 15 is 0 Å². The highest BCUT2D eigenvalue weighted by Crippen LogP contribution is 2.28. The summed E-state index contributed by atoms with van der Waals surface area (Å²) in [7, 11) is 0. The van der Waals surface area contributed by atoms with Crippen molar-refractivity contribution < 1.29 is 4.79 Å². The van der Waals surface area contributed by atoms with Crippen LogP contribution in [0, 0.1) is 5.92 Å². The van der Waals surface area contributed by atoms with Crippen molar-refractivity contribution in [1.82, 2.24) is 15.2 Å². The molecule has 1 N–H and O–H groups in total. The Hall–Kier alpha value is -1.46. The zero-order valence-electron chi connectivity index (χ0n) is 10.5. The predicted molar refractivity (Wildman–Crippen MR) is 75.4 cm³/mol. The van der Waals surface area contributed by atoms with Crippen LogP contribution in [0.1, 0.15) is 16.9 Å². The highest BCUT2D eigenvalue weighted by atomic mass is 32.1. The molecule has 2 aromatic heterocycles. The van der Waals surface area contributed by atoms with E-state index in [1.54, 1.807) is 11.3 Å². The molecule has 0 spiro atoms. The van der Waals surface area contributed by atoms with Crippen LogP contribution in [0.2, 0.25) is 0 Å². The SMILES string of the molecule is O=C(NC1CN2CCC1C2)c1ccc2sccc2n1. The van der Waals surface area contributed by atoms with Crippen LogP contribution < -0.4 is 5.32 Å². The summed E-state index contributed by atoms with van der Waals surface area (Å²) in [4.78, 5) is 19.1. The fourth-order valence-electron chi connectivity index (χ4n) is 3.17. The Kier molecular flexibility index (Phi) is 2.56. The number of nitrogens with zero attached hydrogens (tertiary/aromatic N) is 2. The molecule has 0 aliphatic carbocycles. The van der Waals surface area contributed by atoms with Gasteiger partial charge in [-0.2, -0.15) is 0 Å². The number of hydrogen-bond acceptors (Lipinski definition) is 4. The number of pyridine rings is 1. The number of carbonyl (C=O) groups excluding carboxylic acids is 1. The Morgan fingerprint density at radius 2 is 2.32 bits per heavy atom. The largest absolute Gasteiger partial charge is 0.346 e. The molecule has 2 aliphatic heterocycles. The highest BCUT2D eigenvalue weighted by Gasteiger charge is 2.38. The van der Waals surface area contributed by atoms with Crippen LogP contribution in [0.4, 0.5) is 0 Å². The van der Waals surface area contributed by atoms with Gasteiger partial charge in [0, 0.05) is 19.1 Å².